The molecule has 0 heterocycles. The number of fused-ring (bicyclic) bond motifs is 1. The van der Waals surface area contributed by atoms with Gasteiger partial charge in [-0.25, -0.2) is 0 Å². The lowest BCUT2D eigenvalue weighted by atomic mass is 10.1. The van der Waals surface area contributed by atoms with E-state index < -0.39 is 0 Å². The van der Waals surface area contributed by atoms with E-state index in [0.717, 1.165) is 5.75 Å². The van der Waals surface area contributed by atoms with Crippen molar-refractivity contribution in [2.75, 3.05) is 5.75 Å². The molecule has 1 heteroatoms. The second-order valence-corrected chi connectivity index (χ2v) is 3.80. The van der Waals surface area contributed by atoms with Gasteiger partial charge >= 0.3 is 0 Å². The number of thiol groups is 1. The average Bonchev–Trinajstić information content (AvgIpc) is 2.32. The van der Waals surface area contributed by atoms with E-state index in [1.807, 2.05) is 20.8 Å². The molecule has 0 saturated heterocycles. The fraction of sp³-hybridized carbons (Fsp3) is 0.333. The van der Waals surface area contributed by atoms with E-state index in [1.165, 1.54) is 16.3 Å². The average molecular weight is 234 g/mol. The molecule has 0 atom stereocenters. The number of aryl methyl sites for hydroxylation is 1. The van der Waals surface area contributed by atoms with Crippen molar-refractivity contribution in [2.45, 2.75) is 27.7 Å². The Morgan fingerprint density at radius 3 is 2.00 bits per heavy atom. The normalized spacial score (nSPS) is 8.56. The van der Waals surface area contributed by atoms with Gasteiger partial charge in [0.05, 0.1) is 0 Å². The zero-order chi connectivity index (χ0) is 12.4. The third-order valence-electron chi connectivity index (χ3n) is 1.90. The van der Waals surface area contributed by atoms with Crippen molar-refractivity contribution < 1.29 is 0 Å². The van der Waals surface area contributed by atoms with Gasteiger partial charge in [0.2, 0.25) is 0 Å². The molecule has 0 spiro atoms. The standard InChI is InChI=1S/C11H10.C2H6S.C2H6/c1-9-6-7-10-4-2-3-5-11(10)8-9;1-2-3;1-2/h2-8H,1H3;3H,2H2,1H3;1-2H3. The molecule has 0 bridgehead atoms. The summed E-state index contributed by atoms with van der Waals surface area (Å²) in [6.45, 7) is 8.11. The summed E-state index contributed by atoms with van der Waals surface area (Å²) >= 11 is 3.79. The summed E-state index contributed by atoms with van der Waals surface area (Å²) < 4.78 is 0. The van der Waals surface area contributed by atoms with Crippen molar-refractivity contribution >= 4 is 23.4 Å². The van der Waals surface area contributed by atoms with Gasteiger partial charge < -0.3 is 0 Å². The molecular weight excluding hydrogens is 212 g/mol. The molecular formula is C15H22S. The Kier molecular flexibility index (Phi) is 8.74. The summed E-state index contributed by atoms with van der Waals surface area (Å²) in [6, 6.07) is 14.9. The van der Waals surface area contributed by atoms with E-state index in [9.17, 15) is 0 Å². The van der Waals surface area contributed by atoms with Gasteiger partial charge in [-0.3, -0.25) is 0 Å². The maximum atomic E-state index is 3.79. The monoisotopic (exact) mass is 234 g/mol. The maximum Gasteiger partial charge on any atom is -0.0126 e. The summed E-state index contributed by atoms with van der Waals surface area (Å²) in [4.78, 5) is 0. The Labute approximate surface area is 105 Å². The van der Waals surface area contributed by atoms with Crippen molar-refractivity contribution in [3.05, 3.63) is 48.0 Å². The quantitative estimate of drug-likeness (QED) is 0.602. The molecule has 2 rings (SSSR count). The highest BCUT2D eigenvalue weighted by Crippen LogP contribution is 2.14. The molecule has 2 aromatic carbocycles. The molecule has 0 aliphatic carbocycles. The Hall–Kier alpha value is -0.950. The largest absolute Gasteiger partial charge is 0.180 e. The highest BCUT2D eigenvalue weighted by Gasteiger charge is 1.89. The van der Waals surface area contributed by atoms with Gasteiger partial charge in [-0.15, -0.1) is 0 Å². The summed E-state index contributed by atoms with van der Waals surface area (Å²) in [5, 5.41) is 2.64. The van der Waals surface area contributed by atoms with Crippen molar-refractivity contribution in [3.63, 3.8) is 0 Å². The zero-order valence-corrected chi connectivity index (χ0v) is 11.6. The lowest BCUT2D eigenvalue weighted by molar-refractivity contribution is 1.50. The molecule has 0 aliphatic heterocycles. The number of hydrogen-bond acceptors (Lipinski definition) is 1. The number of hydrogen-bond donors (Lipinski definition) is 1. The van der Waals surface area contributed by atoms with E-state index in [4.69, 9.17) is 0 Å². The van der Waals surface area contributed by atoms with Gasteiger partial charge in [0.1, 0.15) is 0 Å². The van der Waals surface area contributed by atoms with Crippen LogP contribution in [0.5, 0.6) is 0 Å². The topological polar surface area (TPSA) is 0 Å². The molecule has 16 heavy (non-hydrogen) atoms. The fourth-order valence-corrected chi connectivity index (χ4v) is 1.31. The Morgan fingerprint density at radius 2 is 1.44 bits per heavy atom. The minimum atomic E-state index is 0.944. The van der Waals surface area contributed by atoms with Crippen molar-refractivity contribution in [1.29, 1.82) is 0 Å². The van der Waals surface area contributed by atoms with Crippen molar-refractivity contribution in [2.24, 2.45) is 0 Å². The Morgan fingerprint density at radius 1 is 0.938 bits per heavy atom. The van der Waals surface area contributed by atoms with Crippen LogP contribution in [0.2, 0.25) is 0 Å². The third-order valence-corrected chi connectivity index (χ3v) is 1.90. The molecule has 88 valence electrons. The first kappa shape index (κ1) is 15.0. The second-order valence-electron chi connectivity index (χ2n) is 3.17. The van der Waals surface area contributed by atoms with Crippen LogP contribution in [0.4, 0.5) is 0 Å². The van der Waals surface area contributed by atoms with Crippen LogP contribution >= 0.6 is 12.6 Å². The molecule has 0 unspecified atom stereocenters. The molecule has 0 aromatic heterocycles. The molecule has 0 radical (unpaired) electrons. The van der Waals surface area contributed by atoms with Crippen LogP contribution in [0.3, 0.4) is 0 Å². The predicted octanol–water partition coefficient (Wildman–Crippen LogP) is 5.11. The van der Waals surface area contributed by atoms with Gasteiger partial charge in [0, 0.05) is 0 Å². The lowest BCUT2D eigenvalue weighted by Gasteiger charge is -1.96. The molecule has 0 fully saturated rings. The van der Waals surface area contributed by atoms with Gasteiger partial charge in [0.15, 0.2) is 0 Å². The van der Waals surface area contributed by atoms with Crippen molar-refractivity contribution in [1.82, 2.24) is 0 Å². The molecule has 0 saturated carbocycles. The Bertz CT molecular complexity index is 393. The molecule has 0 aliphatic rings. The summed E-state index contributed by atoms with van der Waals surface area (Å²) in [5.41, 5.74) is 1.32. The Balaban J connectivity index is 0.000000394. The van der Waals surface area contributed by atoms with E-state index >= 15 is 0 Å². The number of rotatable bonds is 0. The minimum Gasteiger partial charge on any atom is -0.180 e. The molecule has 2 aromatic rings. The predicted molar refractivity (Wildman–Crippen MR) is 79.6 cm³/mol. The molecule has 0 N–H and O–H groups in total. The smallest absolute Gasteiger partial charge is 0.0126 e. The van der Waals surface area contributed by atoms with Crippen LogP contribution in [0.25, 0.3) is 10.8 Å². The van der Waals surface area contributed by atoms with Gasteiger partial charge in [-0.1, -0.05) is 68.8 Å². The van der Waals surface area contributed by atoms with Crippen LogP contribution in [0.1, 0.15) is 26.3 Å². The summed E-state index contributed by atoms with van der Waals surface area (Å²) in [5.74, 6) is 0.944. The zero-order valence-electron chi connectivity index (χ0n) is 10.7. The van der Waals surface area contributed by atoms with Crippen LogP contribution in [-0.2, 0) is 0 Å². The van der Waals surface area contributed by atoms with Crippen LogP contribution in [0, 0.1) is 6.92 Å². The van der Waals surface area contributed by atoms with E-state index in [0.29, 0.717) is 0 Å². The highest BCUT2D eigenvalue weighted by atomic mass is 32.1. The van der Waals surface area contributed by atoms with E-state index in [-0.39, 0.29) is 0 Å². The van der Waals surface area contributed by atoms with Crippen LogP contribution in [0.15, 0.2) is 42.5 Å². The SMILES string of the molecule is CC.CCS.Cc1ccc2ccccc2c1. The van der Waals surface area contributed by atoms with Gasteiger partial charge in [-0.2, -0.15) is 12.6 Å². The van der Waals surface area contributed by atoms with E-state index in [2.05, 4.69) is 62.0 Å². The van der Waals surface area contributed by atoms with E-state index in [1.54, 1.807) is 0 Å². The first-order chi connectivity index (χ1) is 7.77. The first-order valence-electron chi connectivity index (χ1n) is 5.84. The second kappa shape index (κ2) is 9.29. The lowest BCUT2D eigenvalue weighted by Crippen LogP contribution is -1.73. The van der Waals surface area contributed by atoms with Gasteiger partial charge in [-0.05, 0) is 23.4 Å². The van der Waals surface area contributed by atoms with Crippen LogP contribution in [-0.4, -0.2) is 5.75 Å². The fourth-order valence-electron chi connectivity index (χ4n) is 1.31. The summed E-state index contributed by atoms with van der Waals surface area (Å²) in [7, 11) is 0. The van der Waals surface area contributed by atoms with Crippen molar-refractivity contribution in [3.8, 4) is 0 Å². The third kappa shape index (κ3) is 5.22. The summed E-state index contributed by atoms with van der Waals surface area (Å²) in [6.07, 6.45) is 0. The van der Waals surface area contributed by atoms with Gasteiger partial charge in [0.25, 0.3) is 0 Å². The minimum absolute atomic E-state index is 0.944. The molecule has 0 amide bonds. The molecule has 0 nitrogen and oxygen atoms in total. The number of benzene rings is 2. The first-order valence-corrected chi connectivity index (χ1v) is 6.47. The highest BCUT2D eigenvalue weighted by molar-refractivity contribution is 7.80. The maximum absolute atomic E-state index is 3.79. The van der Waals surface area contributed by atoms with Crippen LogP contribution < -0.4 is 0 Å².